The molecule has 2 fully saturated rings. The zero-order valence-electron chi connectivity index (χ0n) is 14.5. The lowest BCUT2D eigenvalue weighted by atomic mass is 9.58. The van der Waals surface area contributed by atoms with Crippen LogP contribution in [0.3, 0.4) is 0 Å². The number of ketones is 1. The van der Waals surface area contributed by atoms with Crippen LogP contribution in [-0.2, 0) is 19.2 Å². The summed E-state index contributed by atoms with van der Waals surface area (Å²) in [4.78, 5) is 48.6. The molecule has 2 unspecified atom stereocenters. The van der Waals surface area contributed by atoms with Crippen molar-refractivity contribution in [2.45, 2.75) is 66.3 Å². The zero-order valence-corrected chi connectivity index (χ0v) is 14.5. The lowest BCUT2D eigenvalue weighted by Gasteiger charge is -2.45. The third-order valence-electron chi connectivity index (χ3n) is 6.50. The minimum absolute atomic E-state index is 0.0720. The normalized spacial score (nSPS) is 32.6. The molecule has 0 aromatic heterocycles. The lowest BCUT2D eigenvalue weighted by Crippen LogP contribution is -2.58. The fraction of sp³-hybridized carbons (Fsp3) is 0.765. The number of rotatable bonds is 3. The molecule has 1 aliphatic heterocycles. The second kappa shape index (κ2) is 5.42. The van der Waals surface area contributed by atoms with Gasteiger partial charge in [-0.3, -0.25) is 24.5 Å². The smallest absolute Gasteiger partial charge is 0.249 e. The number of amides is 3. The molecule has 2 rings (SSSR count). The third kappa shape index (κ3) is 2.39. The summed E-state index contributed by atoms with van der Waals surface area (Å²) in [6.07, 6.45) is 1.22. The van der Waals surface area contributed by atoms with Crippen LogP contribution >= 0.6 is 0 Å². The molecule has 0 aromatic rings. The number of Topliss-reactive ketones (excluding diaryl/α,β-unsaturated/α-hetero) is 1. The molecule has 3 amide bonds. The first-order valence-corrected chi connectivity index (χ1v) is 8.17. The molecule has 0 radical (unpaired) electrons. The second-order valence-corrected chi connectivity index (χ2v) is 7.76. The number of carbonyl (C=O) groups is 4. The van der Waals surface area contributed by atoms with E-state index in [1.165, 1.54) is 0 Å². The van der Waals surface area contributed by atoms with Gasteiger partial charge < -0.3 is 5.32 Å². The summed E-state index contributed by atoms with van der Waals surface area (Å²) in [6, 6.07) is -0.710. The van der Waals surface area contributed by atoms with Gasteiger partial charge in [0.15, 0.2) is 0 Å². The highest BCUT2D eigenvalue weighted by Crippen LogP contribution is 2.62. The highest BCUT2D eigenvalue weighted by Gasteiger charge is 2.65. The van der Waals surface area contributed by atoms with Gasteiger partial charge in [0.05, 0.1) is 5.41 Å². The van der Waals surface area contributed by atoms with Gasteiger partial charge in [0.2, 0.25) is 17.7 Å². The van der Waals surface area contributed by atoms with Gasteiger partial charge in [0, 0.05) is 18.3 Å². The van der Waals surface area contributed by atoms with E-state index in [9.17, 15) is 19.2 Å². The second-order valence-electron chi connectivity index (χ2n) is 7.76. The van der Waals surface area contributed by atoms with E-state index in [1.54, 1.807) is 0 Å². The third-order valence-corrected chi connectivity index (χ3v) is 6.50. The van der Waals surface area contributed by atoms with Gasteiger partial charge >= 0.3 is 0 Å². The first kappa shape index (κ1) is 17.6. The number of hydrogen-bond acceptors (Lipinski definition) is 4. The van der Waals surface area contributed by atoms with Crippen LogP contribution in [0.25, 0.3) is 0 Å². The minimum atomic E-state index is -0.838. The molecule has 2 atom stereocenters. The van der Waals surface area contributed by atoms with Crippen molar-refractivity contribution in [1.82, 2.24) is 10.6 Å². The monoisotopic (exact) mass is 322 g/mol. The largest absolute Gasteiger partial charge is 0.344 e. The maximum Gasteiger partial charge on any atom is 0.249 e. The van der Waals surface area contributed by atoms with Crippen LogP contribution in [0.1, 0.15) is 60.3 Å². The quantitative estimate of drug-likeness (QED) is 0.767. The Morgan fingerprint density at radius 2 is 1.83 bits per heavy atom. The topological polar surface area (TPSA) is 92.3 Å². The van der Waals surface area contributed by atoms with Crippen LogP contribution in [0.15, 0.2) is 0 Å². The van der Waals surface area contributed by atoms with Gasteiger partial charge in [-0.15, -0.1) is 0 Å². The Bertz CT molecular complexity index is 579. The lowest BCUT2D eigenvalue weighted by molar-refractivity contribution is -0.145. The molecular formula is C17H26N2O4. The Kier molecular flexibility index (Phi) is 4.16. The molecule has 23 heavy (non-hydrogen) atoms. The van der Waals surface area contributed by atoms with Crippen molar-refractivity contribution in [2.75, 3.05) is 0 Å². The summed E-state index contributed by atoms with van der Waals surface area (Å²) in [5.41, 5.74) is -1.97. The van der Waals surface area contributed by atoms with Gasteiger partial charge in [0.1, 0.15) is 11.8 Å². The summed E-state index contributed by atoms with van der Waals surface area (Å²) in [5.74, 6) is -0.980. The maximum atomic E-state index is 13.0. The van der Waals surface area contributed by atoms with Crippen molar-refractivity contribution in [3.8, 4) is 0 Å². The summed E-state index contributed by atoms with van der Waals surface area (Å²) >= 11 is 0. The summed E-state index contributed by atoms with van der Waals surface area (Å²) < 4.78 is 0. The highest BCUT2D eigenvalue weighted by atomic mass is 16.2. The van der Waals surface area contributed by atoms with E-state index in [0.717, 1.165) is 0 Å². The minimum Gasteiger partial charge on any atom is -0.344 e. The van der Waals surface area contributed by atoms with Crippen molar-refractivity contribution in [1.29, 1.82) is 0 Å². The van der Waals surface area contributed by atoms with Crippen LogP contribution in [0.2, 0.25) is 0 Å². The molecule has 128 valence electrons. The van der Waals surface area contributed by atoms with Gasteiger partial charge in [-0.25, -0.2) is 0 Å². The average Bonchev–Trinajstić information content (AvgIpc) is 2.59. The zero-order chi connectivity index (χ0) is 17.6. The highest BCUT2D eigenvalue weighted by molar-refractivity contribution is 6.03. The van der Waals surface area contributed by atoms with Crippen molar-refractivity contribution >= 4 is 23.5 Å². The van der Waals surface area contributed by atoms with E-state index < -0.39 is 28.2 Å². The van der Waals surface area contributed by atoms with Crippen molar-refractivity contribution < 1.29 is 19.2 Å². The SMILES string of the molecule is CCC1(C(=O)NC2CCC(=O)NC2=O)CC(=O)C(C)(C)C1(C)C. The molecule has 2 N–H and O–H groups in total. The van der Waals surface area contributed by atoms with Gasteiger partial charge in [0.25, 0.3) is 0 Å². The van der Waals surface area contributed by atoms with Crippen LogP contribution in [-0.4, -0.2) is 29.5 Å². The first-order valence-electron chi connectivity index (χ1n) is 8.17. The van der Waals surface area contributed by atoms with Crippen LogP contribution in [0, 0.1) is 16.2 Å². The molecule has 1 aliphatic carbocycles. The predicted octanol–water partition coefficient (Wildman–Crippen LogP) is 1.33. The van der Waals surface area contributed by atoms with Crippen molar-refractivity contribution in [2.24, 2.45) is 16.2 Å². The molecule has 0 bridgehead atoms. The van der Waals surface area contributed by atoms with E-state index in [-0.39, 0.29) is 30.4 Å². The summed E-state index contributed by atoms with van der Waals surface area (Å²) in [7, 11) is 0. The molecule has 1 saturated heterocycles. The number of piperidine rings is 1. The number of carbonyl (C=O) groups excluding carboxylic acids is 4. The fourth-order valence-electron chi connectivity index (χ4n) is 3.88. The van der Waals surface area contributed by atoms with E-state index >= 15 is 0 Å². The van der Waals surface area contributed by atoms with Crippen LogP contribution < -0.4 is 10.6 Å². The standard InChI is InChI=1S/C17H26N2O4/c1-6-17(9-11(20)15(2,3)16(17,4)5)14(23)18-10-7-8-12(21)19-13(10)22/h10H,6-9H2,1-5H3,(H,18,23)(H,19,21,22). The molecule has 0 aromatic carbocycles. The Morgan fingerprint density at radius 1 is 1.22 bits per heavy atom. The van der Waals surface area contributed by atoms with E-state index in [1.807, 2.05) is 34.6 Å². The first-order chi connectivity index (χ1) is 10.5. The molecule has 2 aliphatic rings. The number of imide groups is 1. The van der Waals surface area contributed by atoms with Crippen LogP contribution in [0.5, 0.6) is 0 Å². The molecule has 0 spiro atoms. The maximum absolute atomic E-state index is 13.0. The Labute approximate surface area is 136 Å². The van der Waals surface area contributed by atoms with Crippen molar-refractivity contribution in [3.05, 3.63) is 0 Å². The predicted molar refractivity (Wildman–Crippen MR) is 84.2 cm³/mol. The fourth-order valence-corrected chi connectivity index (χ4v) is 3.88. The molecule has 6 heteroatoms. The Morgan fingerprint density at radius 3 is 2.26 bits per heavy atom. The summed E-state index contributed by atoms with van der Waals surface area (Å²) in [5, 5.41) is 5.02. The molecule has 1 heterocycles. The Balaban J connectivity index is 2.27. The summed E-state index contributed by atoms with van der Waals surface area (Å²) in [6.45, 7) is 9.56. The van der Waals surface area contributed by atoms with Gasteiger partial charge in [-0.2, -0.15) is 0 Å². The van der Waals surface area contributed by atoms with E-state index in [2.05, 4.69) is 10.6 Å². The van der Waals surface area contributed by atoms with Crippen molar-refractivity contribution in [3.63, 3.8) is 0 Å². The van der Waals surface area contributed by atoms with Gasteiger partial charge in [-0.05, 0) is 18.3 Å². The number of hydrogen-bond donors (Lipinski definition) is 2. The molecule has 6 nitrogen and oxygen atoms in total. The Hall–Kier alpha value is -1.72. The van der Waals surface area contributed by atoms with E-state index in [4.69, 9.17) is 0 Å². The molecular weight excluding hydrogens is 296 g/mol. The van der Waals surface area contributed by atoms with Crippen LogP contribution in [0.4, 0.5) is 0 Å². The number of nitrogens with one attached hydrogen (secondary N) is 2. The average molecular weight is 322 g/mol. The van der Waals surface area contributed by atoms with Gasteiger partial charge in [-0.1, -0.05) is 34.6 Å². The molecule has 1 saturated carbocycles. The van der Waals surface area contributed by atoms with E-state index in [0.29, 0.717) is 12.8 Å².